The van der Waals surface area contributed by atoms with Crippen molar-refractivity contribution in [3.05, 3.63) is 106 Å². The summed E-state index contributed by atoms with van der Waals surface area (Å²) in [5.41, 5.74) is 3.05. The molecule has 2 heterocycles. The predicted molar refractivity (Wildman–Crippen MR) is 129 cm³/mol. The van der Waals surface area contributed by atoms with Crippen LogP contribution in [0.15, 0.2) is 77.9 Å². The van der Waals surface area contributed by atoms with Gasteiger partial charge in [0.2, 0.25) is 0 Å². The van der Waals surface area contributed by atoms with Gasteiger partial charge in [-0.2, -0.15) is 0 Å². The van der Waals surface area contributed by atoms with Crippen molar-refractivity contribution in [3.63, 3.8) is 0 Å². The number of benzene rings is 2. The fourth-order valence-corrected chi connectivity index (χ4v) is 3.84. The highest BCUT2D eigenvalue weighted by molar-refractivity contribution is 5.85. The lowest BCUT2D eigenvalue weighted by atomic mass is 9.98. The van der Waals surface area contributed by atoms with E-state index in [-0.39, 0.29) is 36.4 Å². The molecule has 2 aromatic heterocycles. The van der Waals surface area contributed by atoms with Crippen LogP contribution >= 0.6 is 0 Å². The zero-order valence-corrected chi connectivity index (χ0v) is 19.1. The molecule has 7 heteroatoms. The van der Waals surface area contributed by atoms with E-state index in [1.54, 1.807) is 47.3 Å². The minimum Gasteiger partial charge on any atom is -0.484 e. The summed E-state index contributed by atoms with van der Waals surface area (Å²) in [6.07, 6.45) is 3.34. The zero-order chi connectivity index (χ0) is 24.1. The van der Waals surface area contributed by atoms with E-state index in [0.29, 0.717) is 23.4 Å². The lowest BCUT2D eigenvalue weighted by Crippen LogP contribution is -2.28. The van der Waals surface area contributed by atoms with Gasteiger partial charge in [-0.1, -0.05) is 26.0 Å². The van der Waals surface area contributed by atoms with Crippen molar-refractivity contribution < 1.29 is 13.9 Å². The Morgan fingerprint density at radius 1 is 1.06 bits per heavy atom. The first-order valence-electron chi connectivity index (χ1n) is 11.1. The zero-order valence-electron chi connectivity index (χ0n) is 19.1. The number of ether oxygens (including phenoxy) is 1. The summed E-state index contributed by atoms with van der Waals surface area (Å²) in [5, 5.41) is 3.72. The molecule has 0 aliphatic carbocycles. The van der Waals surface area contributed by atoms with Crippen molar-refractivity contribution >= 4 is 16.8 Å². The third kappa shape index (κ3) is 5.49. The van der Waals surface area contributed by atoms with Crippen LogP contribution in [0.4, 0.5) is 4.39 Å². The molecule has 0 atom stereocenters. The van der Waals surface area contributed by atoms with E-state index in [1.165, 1.54) is 12.1 Å². The first kappa shape index (κ1) is 23.2. The standard InChI is InChI=1S/C27H26FN3O3/c1-18(2)24-14-27(33)31(16-20-4-3-5-21(28)12-20)25-13-22(6-7-23(24)25)34-17-26(32)30-15-19-8-10-29-11-9-19/h3-14,18H,15-17H2,1-2H3,(H,30,32). The summed E-state index contributed by atoms with van der Waals surface area (Å²) in [5.74, 6) is 0.00468. The molecule has 34 heavy (non-hydrogen) atoms. The second kappa shape index (κ2) is 10.3. The Kier molecular flexibility index (Phi) is 7.01. The summed E-state index contributed by atoms with van der Waals surface area (Å²) >= 11 is 0. The van der Waals surface area contributed by atoms with E-state index in [0.717, 1.165) is 16.5 Å². The van der Waals surface area contributed by atoms with Crippen LogP contribution in [0.25, 0.3) is 10.9 Å². The van der Waals surface area contributed by atoms with Crippen molar-refractivity contribution in [2.75, 3.05) is 6.61 Å². The first-order valence-corrected chi connectivity index (χ1v) is 11.1. The second-order valence-corrected chi connectivity index (χ2v) is 8.41. The molecule has 0 bridgehead atoms. The van der Waals surface area contributed by atoms with Gasteiger partial charge in [0.15, 0.2) is 6.61 Å². The number of aromatic nitrogens is 2. The van der Waals surface area contributed by atoms with Gasteiger partial charge in [0.05, 0.1) is 12.1 Å². The number of fused-ring (bicyclic) bond motifs is 1. The maximum absolute atomic E-state index is 13.7. The summed E-state index contributed by atoms with van der Waals surface area (Å²) < 4.78 is 21.0. The van der Waals surface area contributed by atoms with Crippen molar-refractivity contribution in [3.8, 4) is 5.75 Å². The molecule has 0 fully saturated rings. The highest BCUT2D eigenvalue weighted by Crippen LogP contribution is 2.27. The number of hydrogen-bond donors (Lipinski definition) is 1. The Hall–Kier alpha value is -4.00. The fraction of sp³-hybridized carbons (Fsp3) is 0.222. The van der Waals surface area contributed by atoms with Crippen molar-refractivity contribution in [1.82, 2.24) is 14.9 Å². The number of pyridine rings is 2. The van der Waals surface area contributed by atoms with Crippen molar-refractivity contribution in [2.24, 2.45) is 0 Å². The van der Waals surface area contributed by atoms with Crippen LogP contribution < -0.4 is 15.6 Å². The highest BCUT2D eigenvalue weighted by Gasteiger charge is 2.14. The molecule has 0 saturated heterocycles. The molecule has 2 aromatic carbocycles. The van der Waals surface area contributed by atoms with Gasteiger partial charge in [-0.05, 0) is 59.0 Å². The highest BCUT2D eigenvalue weighted by atomic mass is 19.1. The van der Waals surface area contributed by atoms with E-state index < -0.39 is 0 Å². The number of amides is 1. The van der Waals surface area contributed by atoms with E-state index in [9.17, 15) is 14.0 Å². The van der Waals surface area contributed by atoms with Gasteiger partial charge in [0.25, 0.3) is 11.5 Å². The number of nitrogens with zero attached hydrogens (tertiary/aromatic N) is 2. The van der Waals surface area contributed by atoms with Crippen LogP contribution in [0.5, 0.6) is 5.75 Å². The van der Waals surface area contributed by atoms with Crippen LogP contribution in [-0.2, 0) is 17.9 Å². The average Bonchev–Trinajstić information content (AvgIpc) is 2.83. The van der Waals surface area contributed by atoms with Crippen molar-refractivity contribution in [1.29, 1.82) is 0 Å². The fourth-order valence-electron chi connectivity index (χ4n) is 3.84. The average molecular weight is 460 g/mol. The van der Waals surface area contributed by atoms with Crippen LogP contribution in [0.2, 0.25) is 0 Å². The molecular weight excluding hydrogens is 433 g/mol. The molecule has 0 saturated carbocycles. The molecule has 1 N–H and O–H groups in total. The van der Waals surface area contributed by atoms with Gasteiger partial charge in [-0.25, -0.2) is 4.39 Å². The van der Waals surface area contributed by atoms with E-state index in [2.05, 4.69) is 10.3 Å². The number of nitrogens with one attached hydrogen (secondary N) is 1. The van der Waals surface area contributed by atoms with E-state index in [1.807, 2.05) is 32.0 Å². The maximum Gasteiger partial charge on any atom is 0.258 e. The lowest BCUT2D eigenvalue weighted by molar-refractivity contribution is -0.123. The monoisotopic (exact) mass is 459 g/mol. The first-order chi connectivity index (χ1) is 16.4. The van der Waals surface area contributed by atoms with Gasteiger partial charge in [0, 0.05) is 36.5 Å². The Morgan fingerprint density at radius 3 is 2.59 bits per heavy atom. The summed E-state index contributed by atoms with van der Waals surface area (Å²) in [6, 6.07) is 16.9. The smallest absolute Gasteiger partial charge is 0.258 e. The summed E-state index contributed by atoms with van der Waals surface area (Å²) in [4.78, 5) is 29.2. The lowest BCUT2D eigenvalue weighted by Gasteiger charge is -2.17. The third-order valence-electron chi connectivity index (χ3n) is 5.58. The van der Waals surface area contributed by atoms with Crippen LogP contribution in [0, 0.1) is 5.82 Å². The largest absolute Gasteiger partial charge is 0.484 e. The molecule has 4 aromatic rings. The van der Waals surface area contributed by atoms with E-state index >= 15 is 0 Å². The van der Waals surface area contributed by atoms with Crippen LogP contribution in [-0.4, -0.2) is 22.1 Å². The SMILES string of the molecule is CC(C)c1cc(=O)n(Cc2cccc(F)c2)c2cc(OCC(=O)NCc3ccncc3)ccc12. The van der Waals surface area contributed by atoms with Crippen LogP contribution in [0.3, 0.4) is 0 Å². The minimum absolute atomic E-state index is 0.143. The van der Waals surface area contributed by atoms with Gasteiger partial charge in [0.1, 0.15) is 11.6 Å². The molecule has 4 rings (SSSR count). The Balaban J connectivity index is 1.58. The second-order valence-electron chi connectivity index (χ2n) is 8.41. The van der Waals surface area contributed by atoms with Crippen LogP contribution in [0.1, 0.15) is 36.5 Å². The number of halogens is 1. The van der Waals surface area contributed by atoms with Gasteiger partial charge >= 0.3 is 0 Å². The van der Waals surface area contributed by atoms with Crippen molar-refractivity contribution in [2.45, 2.75) is 32.9 Å². The molecule has 0 unspecified atom stereocenters. The van der Waals surface area contributed by atoms with Gasteiger partial charge in [-0.3, -0.25) is 14.6 Å². The molecule has 0 aliphatic heterocycles. The molecular formula is C27H26FN3O3. The Labute approximate surface area is 197 Å². The molecule has 174 valence electrons. The number of carbonyl (C=O) groups is 1. The third-order valence-corrected chi connectivity index (χ3v) is 5.58. The number of hydrogen-bond acceptors (Lipinski definition) is 4. The Morgan fingerprint density at radius 2 is 1.85 bits per heavy atom. The number of rotatable bonds is 8. The molecule has 6 nitrogen and oxygen atoms in total. The summed E-state index contributed by atoms with van der Waals surface area (Å²) in [6.45, 7) is 4.51. The normalized spacial score (nSPS) is 11.1. The number of carbonyl (C=O) groups excluding carboxylic acids is 1. The minimum atomic E-state index is -0.351. The van der Waals surface area contributed by atoms with Gasteiger partial charge in [-0.15, -0.1) is 0 Å². The van der Waals surface area contributed by atoms with E-state index in [4.69, 9.17) is 4.74 Å². The van der Waals surface area contributed by atoms with Gasteiger partial charge < -0.3 is 14.6 Å². The molecule has 1 amide bonds. The molecule has 0 spiro atoms. The topological polar surface area (TPSA) is 73.2 Å². The Bertz CT molecular complexity index is 1370. The molecule has 0 radical (unpaired) electrons. The maximum atomic E-state index is 13.7. The summed E-state index contributed by atoms with van der Waals surface area (Å²) in [7, 11) is 0. The quantitative estimate of drug-likeness (QED) is 0.424. The molecule has 0 aliphatic rings. The predicted octanol–water partition coefficient (Wildman–Crippen LogP) is 4.40.